The molecule has 2 nitrogen and oxygen atoms in total. The molecular formula is C14H12N2S. The standard InChI is InChI=1S/C14H12N2S/c15-10-5-6-13(16)12(7-10)14-11-4-2-1-3-9(11)8-17-14/h1-8H,15-16H2. The number of hydrogen-bond acceptors (Lipinski definition) is 3. The van der Waals surface area contributed by atoms with Crippen molar-refractivity contribution in [2.45, 2.75) is 0 Å². The number of rotatable bonds is 1. The van der Waals surface area contributed by atoms with Gasteiger partial charge in [0.2, 0.25) is 0 Å². The molecule has 1 heterocycles. The lowest BCUT2D eigenvalue weighted by molar-refractivity contribution is 1.66. The van der Waals surface area contributed by atoms with Gasteiger partial charge in [0, 0.05) is 27.2 Å². The van der Waals surface area contributed by atoms with Crippen LogP contribution in [0, 0.1) is 0 Å². The van der Waals surface area contributed by atoms with E-state index in [-0.39, 0.29) is 0 Å². The first-order valence-corrected chi connectivity index (χ1v) is 6.25. The molecule has 1 aromatic heterocycles. The van der Waals surface area contributed by atoms with Gasteiger partial charge in [-0.15, -0.1) is 11.3 Å². The molecule has 0 saturated heterocycles. The second kappa shape index (κ2) is 3.79. The molecule has 0 aliphatic heterocycles. The van der Waals surface area contributed by atoms with Crippen LogP contribution in [-0.4, -0.2) is 0 Å². The number of hydrogen-bond donors (Lipinski definition) is 2. The van der Waals surface area contributed by atoms with Crippen LogP contribution in [0.25, 0.3) is 21.2 Å². The van der Waals surface area contributed by atoms with Gasteiger partial charge in [-0.25, -0.2) is 0 Å². The van der Waals surface area contributed by atoms with Gasteiger partial charge in [-0.1, -0.05) is 24.3 Å². The highest BCUT2D eigenvalue weighted by Crippen LogP contribution is 2.38. The van der Waals surface area contributed by atoms with Crippen molar-refractivity contribution in [1.29, 1.82) is 0 Å². The predicted octanol–water partition coefficient (Wildman–Crippen LogP) is 3.73. The molecule has 17 heavy (non-hydrogen) atoms. The van der Waals surface area contributed by atoms with Crippen LogP contribution in [0.15, 0.2) is 47.8 Å². The summed E-state index contributed by atoms with van der Waals surface area (Å²) in [5.74, 6) is 0. The molecule has 0 fully saturated rings. The summed E-state index contributed by atoms with van der Waals surface area (Å²) in [6.07, 6.45) is 0. The molecule has 0 amide bonds. The maximum absolute atomic E-state index is 6.02. The van der Waals surface area contributed by atoms with Gasteiger partial charge in [0.05, 0.1) is 0 Å². The van der Waals surface area contributed by atoms with Crippen LogP contribution in [0.5, 0.6) is 0 Å². The minimum Gasteiger partial charge on any atom is -0.399 e. The first-order valence-electron chi connectivity index (χ1n) is 5.37. The Hall–Kier alpha value is -2.00. The van der Waals surface area contributed by atoms with Crippen LogP contribution < -0.4 is 11.5 Å². The van der Waals surface area contributed by atoms with E-state index in [1.54, 1.807) is 11.3 Å². The molecule has 3 rings (SSSR count). The summed E-state index contributed by atoms with van der Waals surface area (Å²) in [5, 5.41) is 4.62. The van der Waals surface area contributed by atoms with E-state index < -0.39 is 0 Å². The molecule has 0 radical (unpaired) electrons. The number of nitrogen functional groups attached to an aromatic ring is 2. The molecular weight excluding hydrogens is 228 g/mol. The third-order valence-electron chi connectivity index (χ3n) is 2.83. The molecule has 0 bridgehead atoms. The third kappa shape index (κ3) is 1.65. The number of anilines is 2. The topological polar surface area (TPSA) is 52.0 Å². The number of thiophene rings is 1. The van der Waals surface area contributed by atoms with Crippen molar-refractivity contribution >= 4 is 33.5 Å². The van der Waals surface area contributed by atoms with E-state index in [9.17, 15) is 0 Å². The molecule has 3 heteroatoms. The van der Waals surface area contributed by atoms with Gasteiger partial charge in [0.15, 0.2) is 0 Å². The first-order chi connectivity index (χ1) is 8.25. The van der Waals surface area contributed by atoms with E-state index >= 15 is 0 Å². The Morgan fingerprint density at radius 3 is 2.65 bits per heavy atom. The summed E-state index contributed by atoms with van der Waals surface area (Å²) >= 11 is 1.70. The molecule has 0 aliphatic rings. The third-order valence-corrected chi connectivity index (χ3v) is 3.88. The van der Waals surface area contributed by atoms with Crippen molar-refractivity contribution in [1.82, 2.24) is 0 Å². The highest BCUT2D eigenvalue weighted by atomic mass is 32.1. The number of fused-ring (bicyclic) bond motifs is 1. The lowest BCUT2D eigenvalue weighted by atomic mass is 10.1. The minimum absolute atomic E-state index is 0.742. The second-order valence-electron chi connectivity index (χ2n) is 4.00. The zero-order valence-electron chi connectivity index (χ0n) is 9.18. The molecule has 4 N–H and O–H groups in total. The van der Waals surface area contributed by atoms with Crippen molar-refractivity contribution < 1.29 is 0 Å². The lowest BCUT2D eigenvalue weighted by Crippen LogP contribution is -1.91. The summed E-state index contributed by atoms with van der Waals surface area (Å²) in [5.41, 5.74) is 14.4. The quantitative estimate of drug-likeness (QED) is 0.637. The lowest BCUT2D eigenvalue weighted by Gasteiger charge is -2.05. The van der Waals surface area contributed by atoms with Gasteiger partial charge in [-0.2, -0.15) is 0 Å². The zero-order chi connectivity index (χ0) is 11.8. The predicted molar refractivity (Wildman–Crippen MR) is 76.1 cm³/mol. The van der Waals surface area contributed by atoms with Gasteiger partial charge in [-0.3, -0.25) is 0 Å². The Morgan fingerprint density at radius 1 is 0.941 bits per heavy atom. The van der Waals surface area contributed by atoms with Crippen LogP contribution in [-0.2, 0) is 0 Å². The molecule has 0 saturated carbocycles. The van der Waals surface area contributed by atoms with Crippen molar-refractivity contribution in [3.8, 4) is 10.4 Å². The van der Waals surface area contributed by atoms with Crippen LogP contribution in [0.3, 0.4) is 0 Å². The van der Waals surface area contributed by atoms with E-state index in [1.165, 1.54) is 15.6 Å². The van der Waals surface area contributed by atoms with Crippen molar-refractivity contribution in [3.05, 3.63) is 47.8 Å². The Kier molecular flexibility index (Phi) is 2.27. The van der Waals surface area contributed by atoms with Crippen LogP contribution in [0.1, 0.15) is 0 Å². The van der Waals surface area contributed by atoms with E-state index in [4.69, 9.17) is 11.5 Å². The van der Waals surface area contributed by atoms with E-state index in [0.29, 0.717) is 0 Å². The Morgan fingerprint density at radius 2 is 1.76 bits per heavy atom. The maximum Gasteiger partial charge on any atom is 0.0442 e. The van der Waals surface area contributed by atoms with Crippen LogP contribution in [0.4, 0.5) is 11.4 Å². The Balaban J connectivity index is 2.31. The first kappa shape index (κ1) is 10.2. The van der Waals surface area contributed by atoms with Crippen molar-refractivity contribution in [2.75, 3.05) is 11.5 Å². The molecule has 0 unspecified atom stereocenters. The van der Waals surface area contributed by atoms with Crippen molar-refractivity contribution in [3.63, 3.8) is 0 Å². The van der Waals surface area contributed by atoms with E-state index in [0.717, 1.165) is 16.9 Å². The van der Waals surface area contributed by atoms with E-state index in [2.05, 4.69) is 17.5 Å². The summed E-state index contributed by atoms with van der Waals surface area (Å²) in [7, 11) is 0. The molecule has 0 spiro atoms. The SMILES string of the molecule is Nc1ccc(N)c(-c2scc3ccccc23)c1. The average molecular weight is 240 g/mol. The highest BCUT2D eigenvalue weighted by molar-refractivity contribution is 7.15. The average Bonchev–Trinajstić information content (AvgIpc) is 2.76. The molecule has 3 aromatic rings. The monoisotopic (exact) mass is 240 g/mol. The minimum atomic E-state index is 0.742. The van der Waals surface area contributed by atoms with Crippen molar-refractivity contribution in [2.24, 2.45) is 0 Å². The molecule has 84 valence electrons. The van der Waals surface area contributed by atoms with Gasteiger partial charge < -0.3 is 11.5 Å². The summed E-state index contributed by atoms with van der Waals surface area (Å²) in [4.78, 5) is 1.19. The van der Waals surface area contributed by atoms with Gasteiger partial charge >= 0.3 is 0 Å². The highest BCUT2D eigenvalue weighted by Gasteiger charge is 2.09. The Labute approximate surface area is 103 Å². The zero-order valence-corrected chi connectivity index (χ0v) is 10.00. The molecule has 0 aliphatic carbocycles. The number of benzene rings is 2. The summed E-state index contributed by atoms with van der Waals surface area (Å²) < 4.78 is 0. The van der Waals surface area contributed by atoms with Gasteiger partial charge in [-0.05, 0) is 29.0 Å². The van der Waals surface area contributed by atoms with Gasteiger partial charge in [0.25, 0.3) is 0 Å². The van der Waals surface area contributed by atoms with Crippen LogP contribution in [0.2, 0.25) is 0 Å². The summed E-state index contributed by atoms with van der Waals surface area (Å²) in [6.45, 7) is 0. The van der Waals surface area contributed by atoms with E-state index in [1.807, 2.05) is 30.3 Å². The molecule has 0 atom stereocenters. The second-order valence-corrected chi connectivity index (χ2v) is 4.88. The number of nitrogens with two attached hydrogens (primary N) is 2. The van der Waals surface area contributed by atoms with Crippen LogP contribution >= 0.6 is 11.3 Å². The maximum atomic E-state index is 6.02. The fourth-order valence-corrected chi connectivity index (χ4v) is 3.04. The smallest absolute Gasteiger partial charge is 0.0442 e. The van der Waals surface area contributed by atoms with Gasteiger partial charge in [0.1, 0.15) is 0 Å². The fourth-order valence-electron chi connectivity index (χ4n) is 1.97. The normalized spacial score (nSPS) is 10.8. The Bertz CT molecular complexity index is 686. The summed E-state index contributed by atoms with van der Waals surface area (Å²) in [6, 6.07) is 13.9. The largest absolute Gasteiger partial charge is 0.399 e. The fraction of sp³-hybridized carbons (Fsp3) is 0. The molecule has 2 aromatic carbocycles.